The Balaban J connectivity index is 0.000000295. The lowest BCUT2D eigenvalue weighted by Crippen LogP contribution is -2.04. The molecule has 0 saturated carbocycles. The lowest BCUT2D eigenvalue weighted by Gasteiger charge is -2.03. The van der Waals surface area contributed by atoms with Crippen LogP contribution in [0.5, 0.6) is 0 Å². The third-order valence-electron chi connectivity index (χ3n) is 2.72. The summed E-state index contributed by atoms with van der Waals surface area (Å²) in [6.45, 7) is 0. The summed E-state index contributed by atoms with van der Waals surface area (Å²) in [7, 11) is 0. The van der Waals surface area contributed by atoms with Gasteiger partial charge in [-0.15, -0.1) is 0 Å². The number of carbonyl (C=O) groups is 3. The fraction of sp³-hybridized carbons (Fsp3) is 0.118. The molecule has 5 heteroatoms. The maximum atomic E-state index is 12.0. The SMILES string of the molecule is Nc1ccccc1C(=O)c1ccccc1.O=CCCC(=O)O. The lowest BCUT2D eigenvalue weighted by atomic mass is 10.0. The first-order valence-electron chi connectivity index (χ1n) is 6.66. The normalized spacial score (nSPS) is 9.27. The summed E-state index contributed by atoms with van der Waals surface area (Å²) in [6, 6.07) is 16.2. The molecule has 22 heavy (non-hydrogen) atoms. The first-order chi connectivity index (χ1) is 10.6. The van der Waals surface area contributed by atoms with Crippen LogP contribution in [-0.2, 0) is 9.59 Å². The molecule has 114 valence electrons. The summed E-state index contributed by atoms with van der Waals surface area (Å²) in [5, 5.41) is 7.89. The summed E-state index contributed by atoms with van der Waals surface area (Å²) in [6.07, 6.45) is 0.660. The second-order valence-corrected chi connectivity index (χ2v) is 4.38. The Hall–Kier alpha value is -2.95. The van der Waals surface area contributed by atoms with E-state index in [-0.39, 0.29) is 18.6 Å². The molecule has 0 aromatic heterocycles. The zero-order chi connectivity index (χ0) is 16.4. The van der Waals surface area contributed by atoms with Gasteiger partial charge in [-0.2, -0.15) is 0 Å². The van der Waals surface area contributed by atoms with Crippen molar-refractivity contribution in [1.82, 2.24) is 0 Å². The monoisotopic (exact) mass is 299 g/mol. The zero-order valence-corrected chi connectivity index (χ0v) is 11.9. The number of hydrogen-bond donors (Lipinski definition) is 2. The van der Waals surface area contributed by atoms with Crippen LogP contribution in [0.2, 0.25) is 0 Å². The molecule has 0 heterocycles. The topological polar surface area (TPSA) is 97.5 Å². The van der Waals surface area contributed by atoms with Crippen LogP contribution in [0, 0.1) is 0 Å². The van der Waals surface area contributed by atoms with Crippen molar-refractivity contribution in [1.29, 1.82) is 0 Å². The second-order valence-electron chi connectivity index (χ2n) is 4.38. The number of nitrogen functional groups attached to an aromatic ring is 1. The molecule has 0 aliphatic heterocycles. The Morgan fingerprint density at radius 3 is 2.09 bits per heavy atom. The fourth-order valence-electron chi connectivity index (χ4n) is 1.63. The molecule has 2 aromatic rings. The maximum absolute atomic E-state index is 12.0. The fourth-order valence-corrected chi connectivity index (χ4v) is 1.63. The van der Waals surface area contributed by atoms with Gasteiger partial charge in [0.2, 0.25) is 0 Å². The minimum absolute atomic E-state index is 0.0336. The number of anilines is 1. The number of nitrogens with two attached hydrogens (primary N) is 1. The van der Waals surface area contributed by atoms with Crippen LogP contribution in [0.3, 0.4) is 0 Å². The molecule has 5 nitrogen and oxygen atoms in total. The van der Waals surface area contributed by atoms with Crippen LogP contribution >= 0.6 is 0 Å². The van der Waals surface area contributed by atoms with Gasteiger partial charge in [-0.25, -0.2) is 0 Å². The summed E-state index contributed by atoms with van der Waals surface area (Å²) in [5.74, 6) is -0.958. The van der Waals surface area contributed by atoms with E-state index in [1.54, 1.807) is 24.3 Å². The molecular weight excluding hydrogens is 282 g/mol. The van der Waals surface area contributed by atoms with Crippen LogP contribution in [0.25, 0.3) is 0 Å². The standard InChI is InChI=1S/C13H11NO.C4H6O3/c14-12-9-5-4-8-11(12)13(15)10-6-2-1-3-7-10;5-3-1-2-4(6)7/h1-9H,14H2;3H,1-2H2,(H,6,7). The number of hydrogen-bond acceptors (Lipinski definition) is 4. The maximum Gasteiger partial charge on any atom is 0.303 e. The van der Waals surface area contributed by atoms with E-state index in [4.69, 9.17) is 10.8 Å². The number of benzene rings is 2. The van der Waals surface area contributed by atoms with Crippen molar-refractivity contribution < 1.29 is 19.5 Å². The zero-order valence-electron chi connectivity index (χ0n) is 11.9. The Morgan fingerprint density at radius 2 is 1.59 bits per heavy atom. The number of carbonyl (C=O) groups excluding carboxylic acids is 2. The number of ketones is 1. The van der Waals surface area contributed by atoms with Crippen LogP contribution in [-0.4, -0.2) is 23.1 Å². The third kappa shape index (κ3) is 5.58. The van der Waals surface area contributed by atoms with Crippen molar-refractivity contribution in [2.24, 2.45) is 0 Å². The molecule has 0 radical (unpaired) electrons. The number of carboxylic acids is 1. The number of carboxylic acid groups (broad SMARTS) is 1. The molecule has 0 unspecified atom stereocenters. The number of rotatable bonds is 5. The molecule has 0 spiro atoms. The predicted octanol–water partition coefficient (Wildman–Crippen LogP) is 2.55. The third-order valence-corrected chi connectivity index (χ3v) is 2.72. The molecule has 0 saturated heterocycles. The first-order valence-corrected chi connectivity index (χ1v) is 6.66. The molecule has 2 aromatic carbocycles. The Kier molecular flexibility index (Phi) is 7.05. The van der Waals surface area contributed by atoms with Gasteiger partial charge in [0.15, 0.2) is 5.78 Å². The smallest absolute Gasteiger partial charge is 0.303 e. The van der Waals surface area contributed by atoms with E-state index < -0.39 is 5.97 Å². The second kappa shape index (κ2) is 9.07. The molecule has 0 amide bonds. The molecular formula is C17H17NO4. The first kappa shape index (κ1) is 17.1. The quantitative estimate of drug-likeness (QED) is 0.502. The van der Waals surface area contributed by atoms with Crippen molar-refractivity contribution in [3.8, 4) is 0 Å². The van der Waals surface area contributed by atoms with Gasteiger partial charge < -0.3 is 15.6 Å². The van der Waals surface area contributed by atoms with Gasteiger partial charge in [0.1, 0.15) is 6.29 Å². The van der Waals surface area contributed by atoms with Crippen molar-refractivity contribution >= 4 is 23.7 Å². The van der Waals surface area contributed by atoms with E-state index in [1.807, 2.05) is 30.3 Å². The van der Waals surface area contributed by atoms with Crippen LogP contribution in [0.4, 0.5) is 5.69 Å². The van der Waals surface area contributed by atoms with E-state index >= 15 is 0 Å². The Bertz CT molecular complexity index is 638. The van der Waals surface area contributed by atoms with E-state index in [9.17, 15) is 14.4 Å². The van der Waals surface area contributed by atoms with Crippen molar-refractivity contribution in [3.63, 3.8) is 0 Å². The van der Waals surface area contributed by atoms with E-state index in [0.717, 1.165) is 0 Å². The number of aldehydes is 1. The van der Waals surface area contributed by atoms with Crippen LogP contribution in [0.1, 0.15) is 28.8 Å². The van der Waals surface area contributed by atoms with Crippen molar-refractivity contribution in [2.75, 3.05) is 5.73 Å². The molecule has 0 aliphatic rings. The lowest BCUT2D eigenvalue weighted by molar-refractivity contribution is -0.137. The molecule has 2 rings (SSSR count). The van der Waals surface area contributed by atoms with Gasteiger partial charge in [-0.1, -0.05) is 42.5 Å². The Morgan fingerprint density at radius 1 is 1.00 bits per heavy atom. The van der Waals surface area contributed by atoms with Gasteiger partial charge in [-0.05, 0) is 12.1 Å². The van der Waals surface area contributed by atoms with Gasteiger partial charge in [0.25, 0.3) is 0 Å². The van der Waals surface area contributed by atoms with Gasteiger partial charge in [0.05, 0.1) is 6.42 Å². The predicted molar refractivity (Wildman–Crippen MR) is 83.7 cm³/mol. The average molecular weight is 299 g/mol. The summed E-state index contributed by atoms with van der Waals surface area (Å²) < 4.78 is 0. The summed E-state index contributed by atoms with van der Waals surface area (Å²) in [5.41, 5.74) is 7.48. The minimum atomic E-state index is -0.924. The van der Waals surface area contributed by atoms with Crippen LogP contribution in [0.15, 0.2) is 54.6 Å². The highest BCUT2D eigenvalue weighted by Crippen LogP contribution is 2.15. The van der Waals surface area contributed by atoms with Crippen molar-refractivity contribution in [3.05, 3.63) is 65.7 Å². The van der Waals surface area contributed by atoms with E-state index in [2.05, 4.69) is 0 Å². The highest BCUT2D eigenvalue weighted by Gasteiger charge is 2.10. The van der Waals surface area contributed by atoms with Gasteiger partial charge in [-0.3, -0.25) is 9.59 Å². The average Bonchev–Trinajstić information content (AvgIpc) is 2.54. The highest BCUT2D eigenvalue weighted by molar-refractivity contribution is 6.11. The van der Waals surface area contributed by atoms with Gasteiger partial charge >= 0.3 is 5.97 Å². The number of aliphatic carboxylic acids is 1. The highest BCUT2D eigenvalue weighted by atomic mass is 16.4. The van der Waals surface area contributed by atoms with E-state index in [1.165, 1.54) is 0 Å². The molecule has 0 atom stereocenters. The molecule has 0 bridgehead atoms. The molecule has 0 fully saturated rings. The largest absolute Gasteiger partial charge is 0.481 e. The van der Waals surface area contributed by atoms with Crippen molar-refractivity contribution in [2.45, 2.75) is 12.8 Å². The molecule has 3 N–H and O–H groups in total. The minimum Gasteiger partial charge on any atom is -0.481 e. The van der Waals surface area contributed by atoms with Crippen LogP contribution < -0.4 is 5.73 Å². The Labute approximate surface area is 128 Å². The summed E-state index contributed by atoms with van der Waals surface area (Å²) in [4.78, 5) is 31.0. The summed E-state index contributed by atoms with van der Waals surface area (Å²) >= 11 is 0. The number of para-hydroxylation sites is 1. The molecule has 0 aliphatic carbocycles. The van der Waals surface area contributed by atoms with Gasteiger partial charge in [0, 0.05) is 23.2 Å². The van der Waals surface area contributed by atoms with E-state index in [0.29, 0.717) is 23.1 Å².